The first-order valence-electron chi connectivity index (χ1n) is 9.80. The summed E-state index contributed by atoms with van der Waals surface area (Å²) in [5.41, 5.74) is 1.73. The van der Waals surface area contributed by atoms with Gasteiger partial charge in [-0.3, -0.25) is 4.79 Å². The summed E-state index contributed by atoms with van der Waals surface area (Å²) in [6.07, 6.45) is 12.2. The molecule has 2 aliphatic carbocycles. The van der Waals surface area contributed by atoms with Gasteiger partial charge in [-0.25, -0.2) is 4.79 Å². The molecule has 1 aromatic rings. The zero-order valence-corrected chi connectivity index (χ0v) is 16.0. The molecule has 2 aliphatic rings. The smallest absolute Gasteiger partial charge is 0.341 e. The monoisotopic (exact) mass is 363 g/mol. The van der Waals surface area contributed by atoms with Crippen molar-refractivity contribution < 1.29 is 14.3 Å². The third kappa shape index (κ3) is 4.63. The maximum atomic E-state index is 12.4. The molecule has 4 nitrogen and oxygen atoms in total. The van der Waals surface area contributed by atoms with Gasteiger partial charge in [0.2, 0.25) is 5.91 Å². The summed E-state index contributed by atoms with van der Waals surface area (Å²) in [6.45, 7) is 2.18. The van der Waals surface area contributed by atoms with Crippen molar-refractivity contribution >= 4 is 28.2 Å². The van der Waals surface area contributed by atoms with Crippen molar-refractivity contribution in [1.82, 2.24) is 0 Å². The number of carbonyl (C=O) groups is 2. The molecule has 0 aliphatic heterocycles. The first kappa shape index (κ1) is 18.4. The van der Waals surface area contributed by atoms with Gasteiger partial charge >= 0.3 is 5.97 Å². The van der Waals surface area contributed by atoms with Gasteiger partial charge in [-0.05, 0) is 50.5 Å². The van der Waals surface area contributed by atoms with Gasteiger partial charge in [0, 0.05) is 11.3 Å². The quantitative estimate of drug-likeness (QED) is 0.715. The Balaban J connectivity index is 1.67. The lowest BCUT2D eigenvalue weighted by atomic mass is 9.86. The Hall–Kier alpha value is -1.36. The highest BCUT2D eigenvalue weighted by Crippen LogP contribution is 2.38. The van der Waals surface area contributed by atoms with E-state index in [0.29, 0.717) is 29.5 Å². The number of nitrogens with one attached hydrogen (secondary N) is 1. The number of rotatable bonds is 6. The van der Waals surface area contributed by atoms with E-state index in [1.165, 1.54) is 37.0 Å². The summed E-state index contributed by atoms with van der Waals surface area (Å²) in [7, 11) is 0. The van der Waals surface area contributed by atoms with Crippen LogP contribution in [0.15, 0.2) is 0 Å². The summed E-state index contributed by atoms with van der Waals surface area (Å²) in [4.78, 5) is 26.1. The van der Waals surface area contributed by atoms with Gasteiger partial charge in [-0.2, -0.15) is 0 Å². The van der Waals surface area contributed by atoms with E-state index >= 15 is 0 Å². The predicted molar refractivity (Wildman–Crippen MR) is 101 cm³/mol. The Morgan fingerprint density at radius 2 is 1.88 bits per heavy atom. The van der Waals surface area contributed by atoms with E-state index < -0.39 is 0 Å². The lowest BCUT2D eigenvalue weighted by Gasteiger charge is -2.20. The minimum Gasteiger partial charge on any atom is -0.462 e. The molecule has 1 N–H and O–H groups in total. The minimum atomic E-state index is -0.288. The van der Waals surface area contributed by atoms with Gasteiger partial charge < -0.3 is 10.1 Å². The van der Waals surface area contributed by atoms with E-state index in [-0.39, 0.29) is 11.9 Å². The highest BCUT2D eigenvalue weighted by Gasteiger charge is 2.27. The highest BCUT2D eigenvalue weighted by atomic mass is 32.1. The standard InChI is InChI=1S/C20H29NO3S/c1-2-24-20(23)18-15-10-6-7-11-16(15)25-19(18)21-17(22)13-12-14-8-4-3-5-9-14/h14H,2-13H2,1H3,(H,21,22). The molecule has 5 heteroatoms. The molecule has 1 fully saturated rings. The number of aryl methyl sites for hydroxylation is 1. The van der Waals surface area contributed by atoms with Crippen LogP contribution in [0, 0.1) is 5.92 Å². The second kappa shape index (κ2) is 8.84. The van der Waals surface area contributed by atoms with Crippen molar-refractivity contribution in [2.24, 2.45) is 5.92 Å². The van der Waals surface area contributed by atoms with Gasteiger partial charge in [0.05, 0.1) is 12.2 Å². The Morgan fingerprint density at radius 1 is 1.12 bits per heavy atom. The van der Waals surface area contributed by atoms with Crippen molar-refractivity contribution in [3.05, 3.63) is 16.0 Å². The molecule has 0 saturated heterocycles. The van der Waals surface area contributed by atoms with E-state index in [9.17, 15) is 9.59 Å². The van der Waals surface area contributed by atoms with Gasteiger partial charge in [-0.1, -0.05) is 32.1 Å². The lowest BCUT2D eigenvalue weighted by molar-refractivity contribution is -0.116. The molecular formula is C20H29NO3S. The molecule has 138 valence electrons. The number of carbonyl (C=O) groups excluding carboxylic acids is 2. The number of anilines is 1. The van der Waals surface area contributed by atoms with Crippen LogP contribution >= 0.6 is 11.3 Å². The van der Waals surface area contributed by atoms with Crippen LogP contribution in [0.5, 0.6) is 0 Å². The molecule has 0 bridgehead atoms. The van der Waals surface area contributed by atoms with Crippen LogP contribution in [0.3, 0.4) is 0 Å². The summed E-state index contributed by atoms with van der Waals surface area (Å²) >= 11 is 1.57. The van der Waals surface area contributed by atoms with Crippen molar-refractivity contribution in [2.45, 2.75) is 77.6 Å². The van der Waals surface area contributed by atoms with Gasteiger partial charge in [0.15, 0.2) is 0 Å². The van der Waals surface area contributed by atoms with Gasteiger partial charge in [-0.15, -0.1) is 11.3 Å². The number of fused-ring (bicyclic) bond motifs is 1. The molecule has 3 rings (SSSR count). The van der Waals surface area contributed by atoms with Gasteiger partial charge in [0.25, 0.3) is 0 Å². The Kier molecular flexibility index (Phi) is 6.51. The molecule has 0 atom stereocenters. The highest BCUT2D eigenvalue weighted by molar-refractivity contribution is 7.17. The third-order valence-electron chi connectivity index (χ3n) is 5.41. The third-order valence-corrected chi connectivity index (χ3v) is 6.62. The summed E-state index contributed by atoms with van der Waals surface area (Å²) in [5, 5.41) is 3.73. The molecule has 1 aromatic heterocycles. The molecular weight excluding hydrogens is 334 g/mol. The van der Waals surface area contributed by atoms with Crippen molar-refractivity contribution in [2.75, 3.05) is 11.9 Å². The van der Waals surface area contributed by atoms with Crippen molar-refractivity contribution in [3.8, 4) is 0 Å². The minimum absolute atomic E-state index is 0.0368. The number of esters is 1. The van der Waals surface area contributed by atoms with Gasteiger partial charge in [0.1, 0.15) is 5.00 Å². The number of amides is 1. The average Bonchev–Trinajstić information content (AvgIpc) is 2.99. The fraction of sp³-hybridized carbons (Fsp3) is 0.700. The second-order valence-electron chi connectivity index (χ2n) is 7.23. The second-order valence-corrected chi connectivity index (χ2v) is 8.33. The number of hydrogen-bond donors (Lipinski definition) is 1. The first-order chi connectivity index (χ1) is 12.2. The van der Waals surface area contributed by atoms with Crippen molar-refractivity contribution in [1.29, 1.82) is 0 Å². The average molecular weight is 364 g/mol. The molecule has 0 radical (unpaired) electrons. The molecule has 0 spiro atoms. The predicted octanol–water partition coefficient (Wildman–Crippen LogP) is 5.10. The maximum absolute atomic E-state index is 12.4. The van der Waals surface area contributed by atoms with Crippen LogP contribution < -0.4 is 5.32 Å². The Bertz CT molecular complexity index is 617. The molecule has 0 unspecified atom stereocenters. The summed E-state index contributed by atoms with van der Waals surface area (Å²) < 4.78 is 5.25. The number of hydrogen-bond acceptors (Lipinski definition) is 4. The SMILES string of the molecule is CCOC(=O)c1c(NC(=O)CCC2CCCCC2)sc2c1CCCC2. The van der Waals surface area contributed by atoms with E-state index in [1.54, 1.807) is 11.3 Å². The van der Waals surface area contributed by atoms with Crippen LogP contribution in [-0.2, 0) is 22.4 Å². The Morgan fingerprint density at radius 3 is 2.64 bits per heavy atom. The fourth-order valence-electron chi connectivity index (χ4n) is 4.07. The normalized spacial score (nSPS) is 17.8. The molecule has 1 heterocycles. The molecule has 1 saturated carbocycles. The number of ether oxygens (including phenoxy) is 1. The van der Waals surface area contributed by atoms with E-state index in [4.69, 9.17) is 4.74 Å². The van der Waals surface area contributed by atoms with E-state index in [2.05, 4.69) is 5.32 Å². The zero-order chi connectivity index (χ0) is 17.6. The largest absolute Gasteiger partial charge is 0.462 e. The molecule has 1 amide bonds. The first-order valence-corrected chi connectivity index (χ1v) is 10.6. The van der Waals surface area contributed by atoms with E-state index in [0.717, 1.165) is 37.7 Å². The lowest BCUT2D eigenvalue weighted by Crippen LogP contribution is -2.17. The fourth-order valence-corrected chi connectivity index (χ4v) is 5.37. The van der Waals surface area contributed by atoms with Crippen LogP contribution in [0.1, 0.15) is 85.5 Å². The van der Waals surface area contributed by atoms with Crippen LogP contribution in [0.2, 0.25) is 0 Å². The molecule has 25 heavy (non-hydrogen) atoms. The maximum Gasteiger partial charge on any atom is 0.341 e. The van der Waals surface area contributed by atoms with Crippen LogP contribution in [0.4, 0.5) is 5.00 Å². The number of thiophene rings is 1. The van der Waals surface area contributed by atoms with E-state index in [1.807, 2.05) is 6.92 Å². The van der Waals surface area contributed by atoms with Crippen molar-refractivity contribution in [3.63, 3.8) is 0 Å². The molecule has 0 aromatic carbocycles. The van der Waals surface area contributed by atoms with Crippen LogP contribution in [0.25, 0.3) is 0 Å². The summed E-state index contributed by atoms with van der Waals surface area (Å²) in [6, 6.07) is 0. The zero-order valence-electron chi connectivity index (χ0n) is 15.2. The van der Waals surface area contributed by atoms with Crippen LogP contribution in [-0.4, -0.2) is 18.5 Å². The topological polar surface area (TPSA) is 55.4 Å². The summed E-state index contributed by atoms with van der Waals surface area (Å²) in [5.74, 6) is 0.444. The Labute approximate surface area is 154 Å².